The van der Waals surface area contributed by atoms with E-state index in [1.165, 1.54) is 17.1 Å². The second-order valence-electron chi connectivity index (χ2n) is 5.43. The Balaban J connectivity index is 2.47. The van der Waals surface area contributed by atoms with Crippen LogP contribution in [0.2, 0.25) is 0 Å². The molecule has 102 valence electrons. The summed E-state index contributed by atoms with van der Waals surface area (Å²) in [6, 6.07) is -0.357. The van der Waals surface area contributed by atoms with Crippen molar-refractivity contribution in [3.05, 3.63) is 23.8 Å². The highest BCUT2D eigenvalue weighted by Gasteiger charge is 2.26. The maximum Gasteiger partial charge on any atom is 0.372 e. The Kier molecular flexibility index (Phi) is 3.46. The molecule has 2 heterocycles. The zero-order valence-corrected chi connectivity index (χ0v) is 11.7. The number of carbonyl (C=O) groups is 1. The van der Waals surface area contributed by atoms with E-state index in [-0.39, 0.29) is 11.4 Å². The lowest BCUT2D eigenvalue weighted by Gasteiger charge is -2.17. The minimum Gasteiger partial charge on any atom is -0.243 e. The molecule has 19 heavy (non-hydrogen) atoms. The first-order valence-electron chi connectivity index (χ1n) is 6.31. The van der Waals surface area contributed by atoms with Gasteiger partial charge >= 0.3 is 6.03 Å². The van der Waals surface area contributed by atoms with Crippen molar-refractivity contribution in [3.8, 4) is 0 Å². The molecule has 0 aliphatic rings. The third kappa shape index (κ3) is 2.54. The third-order valence-electron chi connectivity index (χ3n) is 2.76. The summed E-state index contributed by atoms with van der Waals surface area (Å²) in [6.45, 7) is 8.23. The van der Waals surface area contributed by atoms with Crippen LogP contribution < -0.4 is 0 Å². The van der Waals surface area contributed by atoms with Crippen LogP contribution in [0.25, 0.3) is 0 Å². The molecule has 0 radical (unpaired) electrons. The van der Waals surface area contributed by atoms with Crippen LogP contribution in [0, 0.1) is 0 Å². The van der Waals surface area contributed by atoms with Crippen LogP contribution in [-0.2, 0) is 11.8 Å². The van der Waals surface area contributed by atoms with E-state index in [1.54, 1.807) is 0 Å². The number of carbonyl (C=O) groups excluding carboxylic acids is 1. The molecule has 0 atom stereocenters. The molecular formula is C12H18N6O. The molecule has 2 rings (SSSR count). The maximum absolute atomic E-state index is 12.3. The molecule has 0 spiro atoms. The normalized spacial score (nSPS) is 11.8. The molecule has 7 nitrogen and oxygen atoms in total. The highest BCUT2D eigenvalue weighted by Crippen LogP contribution is 2.24. The summed E-state index contributed by atoms with van der Waals surface area (Å²) in [5, 5.41) is 15.5. The van der Waals surface area contributed by atoms with Crippen LogP contribution in [0.1, 0.15) is 45.5 Å². The predicted octanol–water partition coefficient (Wildman–Crippen LogP) is 1.64. The molecule has 0 aliphatic heterocycles. The second kappa shape index (κ2) is 4.91. The molecule has 0 unspecified atom stereocenters. The van der Waals surface area contributed by atoms with Crippen molar-refractivity contribution in [1.82, 2.24) is 30.0 Å². The van der Waals surface area contributed by atoms with E-state index in [4.69, 9.17) is 0 Å². The number of rotatable bonds is 2. The third-order valence-corrected chi connectivity index (χ3v) is 2.76. The molecule has 0 amide bonds. The summed E-state index contributed by atoms with van der Waals surface area (Å²) in [6.07, 6.45) is 4.62. The first-order chi connectivity index (χ1) is 8.95. The van der Waals surface area contributed by atoms with Crippen LogP contribution in [-0.4, -0.2) is 36.0 Å². The summed E-state index contributed by atoms with van der Waals surface area (Å²) >= 11 is 0. The van der Waals surface area contributed by atoms with Gasteiger partial charge in [0.15, 0.2) is 0 Å². The smallest absolute Gasteiger partial charge is 0.243 e. The highest BCUT2D eigenvalue weighted by molar-refractivity contribution is 5.78. The van der Waals surface area contributed by atoms with Gasteiger partial charge in [0, 0.05) is 5.41 Å². The quantitative estimate of drug-likeness (QED) is 0.822. The van der Waals surface area contributed by atoms with E-state index in [0.717, 1.165) is 28.9 Å². The molecule has 0 fully saturated rings. The number of hydrogen-bond donors (Lipinski definition) is 0. The van der Waals surface area contributed by atoms with Crippen LogP contribution in [0.4, 0.5) is 4.79 Å². The Labute approximate surface area is 111 Å². The first kappa shape index (κ1) is 13.4. The summed E-state index contributed by atoms with van der Waals surface area (Å²) in [4.78, 5) is 12.3. The van der Waals surface area contributed by atoms with Crippen molar-refractivity contribution in [2.24, 2.45) is 0 Å². The van der Waals surface area contributed by atoms with Gasteiger partial charge in [0.05, 0.1) is 23.8 Å². The highest BCUT2D eigenvalue weighted by atomic mass is 16.2. The molecule has 0 saturated heterocycles. The van der Waals surface area contributed by atoms with Gasteiger partial charge in [-0.3, -0.25) is 0 Å². The molecule has 7 heteroatoms. The molecule has 2 aromatic heterocycles. The first-order valence-corrected chi connectivity index (χ1v) is 6.31. The Morgan fingerprint density at radius 2 is 2.05 bits per heavy atom. The number of hydrogen-bond acceptors (Lipinski definition) is 5. The molecule has 0 bridgehead atoms. The summed E-state index contributed by atoms with van der Waals surface area (Å²) < 4.78 is 2.47. The van der Waals surface area contributed by atoms with Gasteiger partial charge in [0.1, 0.15) is 0 Å². The van der Waals surface area contributed by atoms with E-state index in [0.29, 0.717) is 0 Å². The SMILES string of the molecule is CCCc1c(C(C)(C)C)nnn1C(=O)n1ccnn1. The molecule has 0 aliphatic carbocycles. The Morgan fingerprint density at radius 3 is 2.58 bits per heavy atom. The van der Waals surface area contributed by atoms with Gasteiger partial charge in [0.25, 0.3) is 0 Å². The molecule has 2 aromatic rings. The molecule has 0 saturated carbocycles. The maximum atomic E-state index is 12.3. The molecule has 0 aromatic carbocycles. The van der Waals surface area contributed by atoms with E-state index in [2.05, 4.69) is 48.3 Å². The Morgan fingerprint density at radius 1 is 1.32 bits per heavy atom. The summed E-state index contributed by atoms with van der Waals surface area (Å²) in [5.74, 6) is 0. The fourth-order valence-corrected chi connectivity index (χ4v) is 1.91. The average Bonchev–Trinajstić information content (AvgIpc) is 2.96. The standard InChI is InChI=1S/C12H18N6O/c1-5-6-9-10(12(2,3)4)14-16-18(9)11(19)17-8-7-13-15-17/h7-8H,5-6H2,1-4H3. The van der Waals surface area contributed by atoms with Crippen molar-refractivity contribution >= 4 is 6.03 Å². The lowest BCUT2D eigenvalue weighted by atomic mass is 9.90. The lowest BCUT2D eigenvalue weighted by molar-refractivity contribution is 0.236. The van der Waals surface area contributed by atoms with Crippen LogP contribution in [0.15, 0.2) is 12.4 Å². The van der Waals surface area contributed by atoms with Gasteiger partial charge in [-0.2, -0.15) is 9.36 Å². The fraction of sp³-hybridized carbons (Fsp3) is 0.583. The van der Waals surface area contributed by atoms with Crippen molar-refractivity contribution in [3.63, 3.8) is 0 Å². The van der Waals surface area contributed by atoms with E-state index in [9.17, 15) is 4.79 Å². The van der Waals surface area contributed by atoms with E-state index in [1.807, 2.05) is 0 Å². The summed E-state index contributed by atoms with van der Waals surface area (Å²) in [5.41, 5.74) is 1.55. The molecular weight excluding hydrogens is 244 g/mol. The fourth-order valence-electron chi connectivity index (χ4n) is 1.91. The van der Waals surface area contributed by atoms with Gasteiger partial charge < -0.3 is 0 Å². The van der Waals surface area contributed by atoms with Crippen molar-refractivity contribution in [1.29, 1.82) is 0 Å². The summed E-state index contributed by atoms with van der Waals surface area (Å²) in [7, 11) is 0. The van der Waals surface area contributed by atoms with Crippen LogP contribution in [0.3, 0.4) is 0 Å². The average molecular weight is 262 g/mol. The van der Waals surface area contributed by atoms with Gasteiger partial charge in [0.2, 0.25) is 0 Å². The van der Waals surface area contributed by atoms with Crippen LogP contribution in [0.5, 0.6) is 0 Å². The molecule has 0 N–H and O–H groups in total. The largest absolute Gasteiger partial charge is 0.372 e. The van der Waals surface area contributed by atoms with Gasteiger partial charge in [-0.15, -0.1) is 10.2 Å². The second-order valence-corrected chi connectivity index (χ2v) is 5.43. The zero-order chi connectivity index (χ0) is 14.0. The minimum absolute atomic E-state index is 0.147. The Hall–Kier alpha value is -2.05. The predicted molar refractivity (Wildman–Crippen MR) is 68.9 cm³/mol. The van der Waals surface area contributed by atoms with Crippen LogP contribution >= 0.6 is 0 Å². The zero-order valence-electron chi connectivity index (χ0n) is 11.7. The Bertz CT molecular complexity index is 564. The van der Waals surface area contributed by atoms with E-state index < -0.39 is 0 Å². The van der Waals surface area contributed by atoms with Gasteiger partial charge in [-0.25, -0.2) is 4.79 Å². The van der Waals surface area contributed by atoms with Gasteiger partial charge in [-0.05, 0) is 6.42 Å². The minimum atomic E-state index is -0.357. The van der Waals surface area contributed by atoms with Gasteiger partial charge in [-0.1, -0.05) is 44.5 Å². The van der Waals surface area contributed by atoms with E-state index >= 15 is 0 Å². The van der Waals surface area contributed by atoms with Crippen molar-refractivity contribution in [2.75, 3.05) is 0 Å². The number of aromatic nitrogens is 6. The topological polar surface area (TPSA) is 78.5 Å². The monoisotopic (exact) mass is 262 g/mol. The van der Waals surface area contributed by atoms with Crippen molar-refractivity contribution < 1.29 is 4.79 Å². The number of nitrogens with zero attached hydrogens (tertiary/aromatic N) is 6. The van der Waals surface area contributed by atoms with Crippen molar-refractivity contribution in [2.45, 2.75) is 46.0 Å². The lowest BCUT2D eigenvalue weighted by Crippen LogP contribution is -2.24.